The molecule has 16 heavy (non-hydrogen) atoms. The molecule has 0 aliphatic carbocycles. The van der Waals surface area contributed by atoms with Crippen molar-refractivity contribution >= 4 is 21.6 Å². The number of nitrogens with one attached hydrogen (secondary N) is 2. The number of rotatable bonds is 4. The highest BCUT2D eigenvalue weighted by molar-refractivity contribution is 9.10. The summed E-state index contributed by atoms with van der Waals surface area (Å²) in [4.78, 5) is 0. The fourth-order valence-electron chi connectivity index (χ4n) is 1.78. The van der Waals surface area contributed by atoms with Crippen LogP contribution in [0.25, 0.3) is 0 Å². The second kappa shape index (κ2) is 6.23. The van der Waals surface area contributed by atoms with Crippen molar-refractivity contribution in [2.75, 3.05) is 31.6 Å². The van der Waals surface area contributed by atoms with E-state index in [0.717, 1.165) is 42.8 Å². The summed E-state index contributed by atoms with van der Waals surface area (Å²) in [5, 5.41) is 6.74. The zero-order chi connectivity index (χ0) is 11.2. The lowest BCUT2D eigenvalue weighted by Crippen LogP contribution is -2.39. The Morgan fingerprint density at radius 2 is 2.31 bits per heavy atom. The molecule has 4 heteroatoms. The zero-order valence-corrected chi connectivity index (χ0v) is 10.8. The van der Waals surface area contributed by atoms with Crippen LogP contribution >= 0.6 is 15.9 Å². The minimum Gasteiger partial charge on any atom is -0.384 e. The van der Waals surface area contributed by atoms with Crippen LogP contribution in [0.2, 0.25) is 0 Å². The van der Waals surface area contributed by atoms with Gasteiger partial charge in [-0.2, -0.15) is 0 Å². The molecule has 3 nitrogen and oxygen atoms in total. The third-order valence-corrected chi connectivity index (χ3v) is 3.35. The zero-order valence-electron chi connectivity index (χ0n) is 9.21. The van der Waals surface area contributed by atoms with E-state index in [2.05, 4.69) is 32.6 Å². The summed E-state index contributed by atoms with van der Waals surface area (Å²) in [6.07, 6.45) is 1.39. The molecule has 1 aromatic carbocycles. The van der Waals surface area contributed by atoms with E-state index < -0.39 is 0 Å². The first-order valence-electron chi connectivity index (χ1n) is 5.67. The number of halogens is 1. The Balaban J connectivity index is 1.73. The van der Waals surface area contributed by atoms with E-state index in [4.69, 9.17) is 4.74 Å². The van der Waals surface area contributed by atoms with Gasteiger partial charge < -0.3 is 15.4 Å². The van der Waals surface area contributed by atoms with Gasteiger partial charge in [-0.15, -0.1) is 0 Å². The van der Waals surface area contributed by atoms with Gasteiger partial charge in [-0.1, -0.05) is 12.1 Å². The number of hydrogen-bond acceptors (Lipinski definition) is 3. The average Bonchev–Trinajstić information content (AvgIpc) is 2.33. The Kier molecular flexibility index (Phi) is 4.63. The standard InChI is InChI=1S/C12H17BrN2O/c13-11-3-1-2-4-12(11)15-6-5-10-9-14-7-8-16-10/h1-4,10,14-15H,5-9H2. The van der Waals surface area contributed by atoms with Gasteiger partial charge in [0.15, 0.2) is 0 Å². The number of morpholine rings is 1. The van der Waals surface area contributed by atoms with Gasteiger partial charge in [0.05, 0.1) is 12.7 Å². The minimum absolute atomic E-state index is 0.351. The molecule has 1 aliphatic rings. The van der Waals surface area contributed by atoms with Crippen LogP contribution in [0.4, 0.5) is 5.69 Å². The van der Waals surface area contributed by atoms with E-state index in [9.17, 15) is 0 Å². The van der Waals surface area contributed by atoms with Crippen molar-refractivity contribution < 1.29 is 4.74 Å². The summed E-state index contributed by atoms with van der Waals surface area (Å²) in [6, 6.07) is 8.17. The van der Waals surface area contributed by atoms with Gasteiger partial charge in [0.1, 0.15) is 0 Å². The summed E-state index contributed by atoms with van der Waals surface area (Å²) >= 11 is 3.52. The van der Waals surface area contributed by atoms with Crippen LogP contribution in [0.15, 0.2) is 28.7 Å². The van der Waals surface area contributed by atoms with Crippen LogP contribution in [-0.4, -0.2) is 32.3 Å². The summed E-state index contributed by atoms with van der Waals surface area (Å²) < 4.78 is 6.74. The molecule has 1 atom stereocenters. The van der Waals surface area contributed by atoms with Gasteiger partial charge in [0.25, 0.3) is 0 Å². The number of anilines is 1. The van der Waals surface area contributed by atoms with Crippen LogP contribution in [0.1, 0.15) is 6.42 Å². The maximum Gasteiger partial charge on any atom is 0.0716 e. The van der Waals surface area contributed by atoms with E-state index in [1.165, 1.54) is 0 Å². The van der Waals surface area contributed by atoms with Gasteiger partial charge >= 0.3 is 0 Å². The molecule has 0 saturated carbocycles. The first-order valence-corrected chi connectivity index (χ1v) is 6.46. The molecular weight excluding hydrogens is 268 g/mol. The Morgan fingerprint density at radius 3 is 3.06 bits per heavy atom. The van der Waals surface area contributed by atoms with Crippen LogP contribution in [-0.2, 0) is 4.74 Å². The van der Waals surface area contributed by atoms with Crippen molar-refractivity contribution in [3.63, 3.8) is 0 Å². The lowest BCUT2D eigenvalue weighted by molar-refractivity contribution is 0.0258. The molecular formula is C12H17BrN2O. The third kappa shape index (κ3) is 3.47. The molecule has 88 valence electrons. The van der Waals surface area contributed by atoms with Gasteiger partial charge in [-0.3, -0.25) is 0 Å². The van der Waals surface area contributed by atoms with E-state index in [1.54, 1.807) is 0 Å². The van der Waals surface area contributed by atoms with Crippen LogP contribution in [0, 0.1) is 0 Å². The Hall–Kier alpha value is -0.580. The van der Waals surface area contributed by atoms with E-state index in [0.29, 0.717) is 6.10 Å². The van der Waals surface area contributed by atoms with E-state index >= 15 is 0 Å². The summed E-state index contributed by atoms with van der Waals surface area (Å²) in [5.74, 6) is 0. The second-order valence-electron chi connectivity index (χ2n) is 3.89. The van der Waals surface area contributed by atoms with Gasteiger partial charge in [0, 0.05) is 29.8 Å². The topological polar surface area (TPSA) is 33.3 Å². The lowest BCUT2D eigenvalue weighted by atomic mass is 10.2. The summed E-state index contributed by atoms with van der Waals surface area (Å²) in [5.41, 5.74) is 1.14. The Labute approximate surface area is 105 Å². The molecule has 2 N–H and O–H groups in total. The van der Waals surface area contributed by atoms with Crippen LogP contribution in [0.3, 0.4) is 0 Å². The highest BCUT2D eigenvalue weighted by Gasteiger charge is 2.12. The number of hydrogen-bond donors (Lipinski definition) is 2. The molecule has 2 rings (SSSR count). The maximum atomic E-state index is 5.63. The van der Waals surface area contributed by atoms with Gasteiger partial charge in [-0.25, -0.2) is 0 Å². The van der Waals surface area contributed by atoms with Crippen molar-refractivity contribution in [2.24, 2.45) is 0 Å². The molecule has 0 spiro atoms. The molecule has 1 unspecified atom stereocenters. The predicted octanol–water partition coefficient (Wildman–Crippen LogP) is 2.24. The predicted molar refractivity (Wildman–Crippen MR) is 69.9 cm³/mol. The number of ether oxygens (including phenoxy) is 1. The molecule has 1 aliphatic heterocycles. The largest absolute Gasteiger partial charge is 0.384 e. The van der Waals surface area contributed by atoms with Crippen LogP contribution in [0.5, 0.6) is 0 Å². The van der Waals surface area contributed by atoms with E-state index in [1.807, 2.05) is 18.2 Å². The van der Waals surface area contributed by atoms with Crippen molar-refractivity contribution in [2.45, 2.75) is 12.5 Å². The van der Waals surface area contributed by atoms with Gasteiger partial charge in [0.2, 0.25) is 0 Å². The highest BCUT2D eigenvalue weighted by Crippen LogP contribution is 2.21. The highest BCUT2D eigenvalue weighted by atomic mass is 79.9. The first kappa shape index (κ1) is 11.9. The van der Waals surface area contributed by atoms with Crippen molar-refractivity contribution in [3.8, 4) is 0 Å². The minimum atomic E-state index is 0.351. The van der Waals surface area contributed by atoms with Crippen molar-refractivity contribution in [1.82, 2.24) is 5.32 Å². The third-order valence-electron chi connectivity index (χ3n) is 2.66. The molecule has 0 bridgehead atoms. The van der Waals surface area contributed by atoms with Crippen molar-refractivity contribution in [1.29, 1.82) is 0 Å². The molecule has 1 aromatic rings. The molecule has 1 saturated heterocycles. The summed E-state index contributed by atoms with van der Waals surface area (Å²) in [7, 11) is 0. The summed E-state index contributed by atoms with van der Waals surface area (Å²) in [6.45, 7) is 3.72. The lowest BCUT2D eigenvalue weighted by Gasteiger charge is -2.23. The van der Waals surface area contributed by atoms with Gasteiger partial charge in [-0.05, 0) is 34.5 Å². The molecule has 0 amide bonds. The second-order valence-corrected chi connectivity index (χ2v) is 4.75. The first-order chi connectivity index (χ1) is 7.86. The average molecular weight is 285 g/mol. The number of para-hydroxylation sites is 1. The molecule has 0 radical (unpaired) electrons. The van der Waals surface area contributed by atoms with Crippen molar-refractivity contribution in [3.05, 3.63) is 28.7 Å². The van der Waals surface area contributed by atoms with Crippen LogP contribution < -0.4 is 10.6 Å². The fraction of sp³-hybridized carbons (Fsp3) is 0.500. The SMILES string of the molecule is Brc1ccccc1NCCC1CNCCO1. The monoisotopic (exact) mass is 284 g/mol. The molecule has 1 heterocycles. The quantitative estimate of drug-likeness (QED) is 0.890. The Bertz CT molecular complexity index is 327. The number of benzene rings is 1. The Morgan fingerprint density at radius 1 is 1.44 bits per heavy atom. The normalized spacial score (nSPS) is 20.7. The van der Waals surface area contributed by atoms with E-state index in [-0.39, 0.29) is 0 Å². The smallest absolute Gasteiger partial charge is 0.0716 e. The maximum absolute atomic E-state index is 5.63. The molecule has 0 aromatic heterocycles. The fourth-order valence-corrected chi connectivity index (χ4v) is 2.20. The molecule has 1 fully saturated rings.